The third kappa shape index (κ3) is 4.31. The van der Waals surface area contributed by atoms with Crippen LogP contribution in [0.3, 0.4) is 0 Å². The number of methoxy groups -OCH3 is 1. The second-order valence-corrected chi connectivity index (χ2v) is 10.7. The number of anilines is 1. The minimum absolute atomic E-state index is 0.0853. The molecule has 5 nitrogen and oxygen atoms in total. The number of benzene rings is 2. The summed E-state index contributed by atoms with van der Waals surface area (Å²) in [6.45, 7) is 6.43. The van der Waals surface area contributed by atoms with Crippen molar-refractivity contribution in [2.75, 3.05) is 25.1 Å². The van der Waals surface area contributed by atoms with E-state index in [1.54, 1.807) is 13.4 Å². The Labute approximate surface area is 225 Å². The number of allylic oxidation sites excluding steroid dienone is 3. The summed E-state index contributed by atoms with van der Waals surface area (Å²) in [7, 11) is 1.70. The van der Waals surface area contributed by atoms with Crippen molar-refractivity contribution in [3.05, 3.63) is 88.5 Å². The highest BCUT2D eigenvalue weighted by molar-refractivity contribution is 6.03. The Kier molecular flexibility index (Phi) is 6.12. The fourth-order valence-electron chi connectivity index (χ4n) is 5.89. The van der Waals surface area contributed by atoms with Gasteiger partial charge in [-0.1, -0.05) is 37.1 Å². The van der Waals surface area contributed by atoms with Gasteiger partial charge in [0.1, 0.15) is 17.9 Å². The molecule has 1 aliphatic carbocycles. The lowest BCUT2D eigenvalue weighted by atomic mass is 9.74. The molecule has 3 aromatic rings. The lowest BCUT2D eigenvalue weighted by molar-refractivity contribution is 0.351. The van der Waals surface area contributed by atoms with Gasteiger partial charge in [-0.2, -0.15) is 0 Å². The number of nitrogens with zero attached hydrogens (tertiary/aromatic N) is 4. The van der Waals surface area contributed by atoms with Crippen molar-refractivity contribution in [3.8, 4) is 18.1 Å². The standard InChI is InChI=1S/C33H32N4O/c1-5-23-6-8-24(9-7-23)26-18-29-30(19-26)34-21-35-32(29)37-16-14-33(3,15-17-37)31-20-28(22(2)36-31)25-10-12-27(38-4)13-11-25/h1,6-13,18,21H,14-17,19-20H2,2-4H3. The minimum atomic E-state index is 0.0853. The van der Waals surface area contributed by atoms with E-state index in [1.807, 2.05) is 24.3 Å². The van der Waals surface area contributed by atoms with Crippen LogP contribution in [0.15, 0.2) is 65.5 Å². The second-order valence-electron chi connectivity index (χ2n) is 10.7. The molecule has 1 saturated heterocycles. The van der Waals surface area contributed by atoms with Crippen molar-refractivity contribution >= 4 is 28.8 Å². The molecule has 3 aliphatic rings. The Morgan fingerprint density at radius 1 is 0.947 bits per heavy atom. The van der Waals surface area contributed by atoms with E-state index in [9.17, 15) is 0 Å². The number of aromatic nitrogens is 2. The van der Waals surface area contributed by atoms with E-state index in [1.165, 1.54) is 28.0 Å². The molecular weight excluding hydrogens is 468 g/mol. The van der Waals surface area contributed by atoms with Crippen LogP contribution in [-0.2, 0) is 6.42 Å². The first-order valence-electron chi connectivity index (χ1n) is 13.3. The molecule has 0 bridgehead atoms. The van der Waals surface area contributed by atoms with Gasteiger partial charge in [-0.05, 0) is 72.4 Å². The first kappa shape index (κ1) is 24.2. The Hall–Kier alpha value is -4.17. The molecule has 1 fully saturated rings. The van der Waals surface area contributed by atoms with E-state index in [0.717, 1.165) is 72.9 Å². The smallest absolute Gasteiger partial charge is 0.139 e. The zero-order valence-corrected chi connectivity index (χ0v) is 22.3. The first-order chi connectivity index (χ1) is 18.5. The number of terminal acetylenes is 1. The monoisotopic (exact) mass is 500 g/mol. The SMILES string of the molecule is C#Cc1ccc(C2=Cc3c(ncnc3N3CCC(C)(C4=NC(C)=C(c5ccc(OC)cc5)C4)CC3)C2)cc1. The molecule has 0 saturated carbocycles. The van der Waals surface area contributed by atoms with Crippen LogP contribution in [0.2, 0.25) is 0 Å². The lowest BCUT2D eigenvalue weighted by Crippen LogP contribution is -2.43. The molecule has 38 heavy (non-hydrogen) atoms. The fourth-order valence-corrected chi connectivity index (χ4v) is 5.89. The van der Waals surface area contributed by atoms with Crippen molar-refractivity contribution in [3.63, 3.8) is 0 Å². The van der Waals surface area contributed by atoms with E-state index in [2.05, 4.69) is 60.0 Å². The number of ether oxygens (including phenoxy) is 1. The van der Waals surface area contributed by atoms with Crippen LogP contribution in [0, 0.1) is 17.8 Å². The number of hydrogen-bond donors (Lipinski definition) is 0. The molecule has 1 aromatic heterocycles. The zero-order valence-electron chi connectivity index (χ0n) is 22.3. The summed E-state index contributed by atoms with van der Waals surface area (Å²) in [4.78, 5) is 16.9. The fraction of sp³-hybridized carbons (Fsp3) is 0.303. The highest BCUT2D eigenvalue weighted by Crippen LogP contribution is 2.43. The normalized spacial score (nSPS) is 18.1. The Balaban J connectivity index is 1.16. The second kappa shape index (κ2) is 9.61. The van der Waals surface area contributed by atoms with Crippen LogP contribution in [-0.4, -0.2) is 35.9 Å². The van der Waals surface area contributed by atoms with Gasteiger partial charge in [-0.3, -0.25) is 4.99 Å². The molecule has 0 amide bonds. The van der Waals surface area contributed by atoms with Crippen LogP contribution in [0.25, 0.3) is 17.2 Å². The maximum Gasteiger partial charge on any atom is 0.139 e. The maximum absolute atomic E-state index is 5.53. The molecule has 0 N–H and O–H groups in total. The number of hydrogen-bond acceptors (Lipinski definition) is 5. The molecule has 0 spiro atoms. The maximum atomic E-state index is 5.53. The van der Waals surface area contributed by atoms with E-state index < -0.39 is 0 Å². The molecule has 0 unspecified atom stereocenters. The summed E-state index contributed by atoms with van der Waals surface area (Å²) < 4.78 is 5.33. The molecule has 0 atom stereocenters. The van der Waals surface area contributed by atoms with E-state index in [4.69, 9.17) is 21.1 Å². The van der Waals surface area contributed by atoms with Gasteiger partial charge in [0.25, 0.3) is 0 Å². The van der Waals surface area contributed by atoms with Crippen molar-refractivity contribution in [1.29, 1.82) is 0 Å². The van der Waals surface area contributed by atoms with Crippen molar-refractivity contribution in [2.45, 2.75) is 39.5 Å². The zero-order chi connectivity index (χ0) is 26.3. The van der Waals surface area contributed by atoms with Crippen LogP contribution in [0.5, 0.6) is 5.75 Å². The predicted octanol–water partition coefficient (Wildman–Crippen LogP) is 6.45. The number of piperidine rings is 1. The van der Waals surface area contributed by atoms with Gasteiger partial charge in [-0.15, -0.1) is 6.42 Å². The van der Waals surface area contributed by atoms with Gasteiger partial charge >= 0.3 is 0 Å². The molecular formula is C33H32N4O. The number of rotatable bonds is 5. The Morgan fingerprint density at radius 3 is 2.34 bits per heavy atom. The molecule has 3 heterocycles. The highest BCUT2D eigenvalue weighted by Gasteiger charge is 2.38. The number of fused-ring (bicyclic) bond motifs is 1. The van der Waals surface area contributed by atoms with Crippen molar-refractivity contribution in [2.24, 2.45) is 10.4 Å². The topological polar surface area (TPSA) is 50.6 Å². The lowest BCUT2D eigenvalue weighted by Gasteiger charge is -2.40. The number of aliphatic imine (C=N–C) groups is 1. The van der Waals surface area contributed by atoms with Gasteiger partial charge in [-0.25, -0.2) is 9.97 Å². The Bertz CT molecular complexity index is 1510. The van der Waals surface area contributed by atoms with E-state index in [0.29, 0.717) is 0 Å². The van der Waals surface area contributed by atoms with Crippen LogP contribution < -0.4 is 9.64 Å². The van der Waals surface area contributed by atoms with Crippen molar-refractivity contribution < 1.29 is 4.74 Å². The van der Waals surface area contributed by atoms with Gasteiger partial charge in [0.05, 0.1) is 12.8 Å². The summed E-state index contributed by atoms with van der Waals surface area (Å²) in [6.07, 6.45) is 13.4. The average molecular weight is 501 g/mol. The largest absolute Gasteiger partial charge is 0.497 e. The summed E-state index contributed by atoms with van der Waals surface area (Å²) >= 11 is 0. The first-order valence-corrected chi connectivity index (χ1v) is 13.3. The average Bonchev–Trinajstić information content (AvgIpc) is 3.58. The van der Waals surface area contributed by atoms with E-state index in [-0.39, 0.29) is 5.41 Å². The molecule has 5 heteroatoms. The van der Waals surface area contributed by atoms with E-state index >= 15 is 0 Å². The van der Waals surface area contributed by atoms with Gasteiger partial charge < -0.3 is 9.64 Å². The van der Waals surface area contributed by atoms with Gasteiger partial charge in [0.15, 0.2) is 0 Å². The van der Waals surface area contributed by atoms with Crippen molar-refractivity contribution in [1.82, 2.24) is 9.97 Å². The minimum Gasteiger partial charge on any atom is -0.497 e. The summed E-state index contributed by atoms with van der Waals surface area (Å²) in [5.74, 6) is 4.62. The van der Waals surface area contributed by atoms with Gasteiger partial charge in [0, 0.05) is 53.9 Å². The molecule has 2 aliphatic heterocycles. The molecule has 6 rings (SSSR count). The summed E-state index contributed by atoms with van der Waals surface area (Å²) in [5, 5.41) is 0. The quantitative estimate of drug-likeness (QED) is 0.378. The third-order valence-electron chi connectivity index (χ3n) is 8.43. The summed E-state index contributed by atoms with van der Waals surface area (Å²) in [6, 6.07) is 16.5. The Morgan fingerprint density at radius 2 is 1.66 bits per heavy atom. The van der Waals surface area contributed by atoms with Crippen LogP contribution in [0.4, 0.5) is 5.82 Å². The van der Waals surface area contributed by atoms with Crippen LogP contribution in [0.1, 0.15) is 61.1 Å². The predicted molar refractivity (Wildman–Crippen MR) is 155 cm³/mol. The molecule has 0 radical (unpaired) electrons. The third-order valence-corrected chi connectivity index (χ3v) is 8.43. The molecule has 190 valence electrons. The molecule has 2 aromatic carbocycles. The van der Waals surface area contributed by atoms with Gasteiger partial charge in [0.2, 0.25) is 0 Å². The summed E-state index contributed by atoms with van der Waals surface area (Å²) in [5.41, 5.74) is 10.7. The van der Waals surface area contributed by atoms with Crippen LogP contribution >= 0.6 is 0 Å². The highest BCUT2D eigenvalue weighted by atomic mass is 16.5.